The Morgan fingerprint density at radius 3 is 2.42 bits per heavy atom. The molecule has 2 rings (SSSR count). The first-order valence-corrected chi connectivity index (χ1v) is 7.78. The first-order chi connectivity index (χ1) is 8.97. The second-order valence-electron chi connectivity index (χ2n) is 4.88. The molecule has 0 aliphatic heterocycles. The van der Waals surface area contributed by atoms with Gasteiger partial charge in [0.25, 0.3) is 0 Å². The molecular weight excluding hydrogens is 370 g/mol. The number of nitrogens with zero attached hydrogens (tertiary/aromatic N) is 2. The molecule has 1 N–H and O–H groups in total. The molecule has 0 unspecified atom stereocenters. The zero-order chi connectivity index (χ0) is 14.0. The molecule has 0 aliphatic carbocycles. The van der Waals surface area contributed by atoms with Gasteiger partial charge in [-0.1, -0.05) is 0 Å². The highest BCUT2D eigenvalue weighted by atomic mass is 79.9. The van der Waals surface area contributed by atoms with E-state index in [1.807, 2.05) is 10.9 Å². The Morgan fingerprint density at radius 2 is 1.89 bits per heavy atom. The molecule has 0 radical (unpaired) electrons. The largest absolute Gasteiger partial charge is 0.379 e. The fourth-order valence-electron chi connectivity index (χ4n) is 1.81. The van der Waals surface area contributed by atoms with Crippen LogP contribution in [0.2, 0.25) is 0 Å². The van der Waals surface area contributed by atoms with Crippen LogP contribution in [0.15, 0.2) is 33.5 Å². The Kier molecular flexibility index (Phi) is 4.68. The van der Waals surface area contributed by atoms with Crippen LogP contribution < -0.4 is 5.32 Å². The highest BCUT2D eigenvalue weighted by Crippen LogP contribution is 2.32. The Morgan fingerprint density at radius 1 is 1.26 bits per heavy atom. The van der Waals surface area contributed by atoms with Gasteiger partial charge in [0.2, 0.25) is 0 Å². The summed E-state index contributed by atoms with van der Waals surface area (Å²) in [6.07, 6.45) is 3.98. The van der Waals surface area contributed by atoms with Crippen LogP contribution in [-0.4, -0.2) is 9.78 Å². The number of hydrogen-bond acceptors (Lipinski definition) is 2. The van der Waals surface area contributed by atoms with Gasteiger partial charge in [-0.25, -0.2) is 0 Å². The van der Waals surface area contributed by atoms with Gasteiger partial charge in [-0.2, -0.15) is 5.10 Å². The maximum absolute atomic E-state index is 4.34. The van der Waals surface area contributed by atoms with Gasteiger partial charge in [0.1, 0.15) is 0 Å². The summed E-state index contributed by atoms with van der Waals surface area (Å²) in [4.78, 5) is 0. The summed E-state index contributed by atoms with van der Waals surface area (Å²) >= 11 is 7.17. The number of rotatable bonds is 4. The summed E-state index contributed by atoms with van der Waals surface area (Å²) in [6.45, 7) is 7.08. The molecule has 19 heavy (non-hydrogen) atoms. The molecular formula is C14H17Br2N3. The second-order valence-corrected chi connectivity index (χ2v) is 6.59. The van der Waals surface area contributed by atoms with Crippen LogP contribution in [0.4, 0.5) is 5.69 Å². The maximum atomic E-state index is 4.34. The first-order valence-electron chi connectivity index (χ1n) is 6.20. The van der Waals surface area contributed by atoms with Gasteiger partial charge in [-0.05, 0) is 70.3 Å². The average Bonchev–Trinajstić information content (AvgIpc) is 2.76. The number of benzene rings is 1. The van der Waals surface area contributed by atoms with Gasteiger partial charge in [0.05, 0.1) is 11.9 Å². The number of aryl methyl sites for hydroxylation is 1. The molecule has 0 amide bonds. The molecule has 1 aromatic carbocycles. The lowest BCUT2D eigenvalue weighted by atomic mass is 10.2. The first kappa shape index (κ1) is 14.6. The smallest absolute Gasteiger partial charge is 0.0631 e. The van der Waals surface area contributed by atoms with Crippen LogP contribution in [0.1, 0.15) is 31.0 Å². The third-order valence-corrected chi connectivity index (χ3v) is 4.09. The van der Waals surface area contributed by atoms with Gasteiger partial charge in [-0.15, -0.1) is 0 Å². The van der Waals surface area contributed by atoms with E-state index in [9.17, 15) is 0 Å². The standard InChI is InChI=1S/C14H17Br2N3/c1-9(2)19-8-11(7-18-19)6-17-14-12(15)4-10(3)5-13(14)16/h4-5,7-9,17H,6H2,1-3H3. The van der Waals surface area contributed by atoms with Crippen molar-refractivity contribution in [3.8, 4) is 0 Å². The Labute approximate surface area is 130 Å². The molecule has 102 valence electrons. The quantitative estimate of drug-likeness (QED) is 0.808. The molecule has 2 aromatic rings. The molecule has 3 nitrogen and oxygen atoms in total. The number of anilines is 1. The van der Waals surface area contributed by atoms with Gasteiger partial charge in [-0.3, -0.25) is 4.68 Å². The van der Waals surface area contributed by atoms with Crippen molar-refractivity contribution in [2.45, 2.75) is 33.4 Å². The van der Waals surface area contributed by atoms with Crippen LogP contribution in [0.25, 0.3) is 0 Å². The van der Waals surface area contributed by atoms with Crippen molar-refractivity contribution in [2.24, 2.45) is 0 Å². The topological polar surface area (TPSA) is 29.9 Å². The van der Waals surface area contributed by atoms with Gasteiger partial charge in [0, 0.05) is 33.3 Å². The van der Waals surface area contributed by atoms with Crippen LogP contribution in [0, 0.1) is 6.92 Å². The number of hydrogen-bond donors (Lipinski definition) is 1. The van der Waals surface area contributed by atoms with Gasteiger partial charge >= 0.3 is 0 Å². The third kappa shape index (κ3) is 3.60. The highest BCUT2D eigenvalue weighted by Gasteiger charge is 2.07. The van der Waals surface area contributed by atoms with Crippen molar-refractivity contribution < 1.29 is 0 Å². The summed E-state index contributed by atoms with van der Waals surface area (Å²) in [5, 5.41) is 7.77. The van der Waals surface area contributed by atoms with Crippen molar-refractivity contribution >= 4 is 37.5 Å². The monoisotopic (exact) mass is 385 g/mol. The molecule has 0 saturated carbocycles. The summed E-state index contributed by atoms with van der Waals surface area (Å²) in [5.41, 5.74) is 3.47. The SMILES string of the molecule is Cc1cc(Br)c(NCc2cnn(C(C)C)c2)c(Br)c1. The minimum atomic E-state index is 0.395. The Balaban J connectivity index is 2.10. The van der Waals surface area contributed by atoms with Crippen LogP contribution in [0.3, 0.4) is 0 Å². The van der Waals surface area contributed by atoms with Crippen LogP contribution >= 0.6 is 31.9 Å². The molecule has 0 fully saturated rings. The summed E-state index contributed by atoms with van der Waals surface area (Å²) in [5.74, 6) is 0. The molecule has 0 bridgehead atoms. The predicted molar refractivity (Wildman–Crippen MR) is 86.5 cm³/mol. The van der Waals surface area contributed by atoms with Crippen LogP contribution in [0.5, 0.6) is 0 Å². The lowest BCUT2D eigenvalue weighted by molar-refractivity contribution is 0.532. The van der Waals surface area contributed by atoms with Crippen molar-refractivity contribution in [3.63, 3.8) is 0 Å². The zero-order valence-electron chi connectivity index (χ0n) is 11.2. The van der Waals surface area contributed by atoms with E-state index in [4.69, 9.17) is 0 Å². The summed E-state index contributed by atoms with van der Waals surface area (Å²) in [7, 11) is 0. The molecule has 0 aliphatic rings. The summed E-state index contributed by atoms with van der Waals surface area (Å²) < 4.78 is 4.10. The Hall–Kier alpha value is -0.810. The lowest BCUT2D eigenvalue weighted by Gasteiger charge is -2.11. The van der Waals surface area contributed by atoms with Crippen molar-refractivity contribution in [1.82, 2.24) is 9.78 Å². The molecule has 0 saturated heterocycles. The maximum Gasteiger partial charge on any atom is 0.0631 e. The number of aromatic nitrogens is 2. The third-order valence-electron chi connectivity index (χ3n) is 2.84. The number of nitrogens with one attached hydrogen (secondary N) is 1. The van der Waals surface area contributed by atoms with E-state index >= 15 is 0 Å². The van der Waals surface area contributed by atoms with Gasteiger partial charge in [0.15, 0.2) is 0 Å². The lowest BCUT2D eigenvalue weighted by Crippen LogP contribution is -2.02. The minimum Gasteiger partial charge on any atom is -0.379 e. The van der Waals surface area contributed by atoms with E-state index < -0.39 is 0 Å². The van der Waals surface area contributed by atoms with Gasteiger partial charge < -0.3 is 5.32 Å². The van der Waals surface area contributed by atoms with E-state index in [0.717, 1.165) is 21.2 Å². The second kappa shape index (κ2) is 6.09. The average molecular weight is 387 g/mol. The fourth-order valence-corrected chi connectivity index (χ4v) is 3.51. The van der Waals surface area contributed by atoms with E-state index in [-0.39, 0.29) is 0 Å². The van der Waals surface area contributed by atoms with E-state index in [2.05, 4.69) is 81.4 Å². The molecule has 0 spiro atoms. The number of halogens is 2. The predicted octanol–water partition coefficient (Wildman–Crippen LogP) is 4.91. The van der Waals surface area contributed by atoms with E-state index in [1.54, 1.807) is 0 Å². The minimum absolute atomic E-state index is 0.395. The normalized spacial score (nSPS) is 11.1. The highest BCUT2D eigenvalue weighted by molar-refractivity contribution is 9.11. The Bertz CT molecular complexity index is 553. The van der Waals surface area contributed by atoms with Crippen LogP contribution in [-0.2, 0) is 6.54 Å². The van der Waals surface area contributed by atoms with Crippen molar-refractivity contribution in [3.05, 3.63) is 44.6 Å². The summed E-state index contributed by atoms with van der Waals surface area (Å²) in [6, 6.07) is 4.60. The molecule has 0 atom stereocenters. The van der Waals surface area contributed by atoms with E-state index in [1.165, 1.54) is 11.1 Å². The molecule has 1 heterocycles. The fraction of sp³-hybridized carbons (Fsp3) is 0.357. The van der Waals surface area contributed by atoms with Crippen molar-refractivity contribution in [1.29, 1.82) is 0 Å². The van der Waals surface area contributed by atoms with Crippen molar-refractivity contribution in [2.75, 3.05) is 5.32 Å². The molecule has 1 aromatic heterocycles. The molecule has 5 heteroatoms. The zero-order valence-corrected chi connectivity index (χ0v) is 14.4. The van der Waals surface area contributed by atoms with E-state index in [0.29, 0.717) is 6.04 Å².